The fourth-order valence-electron chi connectivity index (χ4n) is 2.15. The highest BCUT2D eigenvalue weighted by Gasteiger charge is 2.24. The molecule has 0 atom stereocenters. The predicted molar refractivity (Wildman–Crippen MR) is 85.1 cm³/mol. The Balaban J connectivity index is 2.23. The van der Waals surface area contributed by atoms with Gasteiger partial charge >= 0.3 is 0 Å². The van der Waals surface area contributed by atoms with Crippen molar-refractivity contribution in [3.63, 3.8) is 0 Å². The van der Waals surface area contributed by atoms with Crippen LogP contribution in [-0.4, -0.2) is 28.6 Å². The summed E-state index contributed by atoms with van der Waals surface area (Å²) >= 11 is 0. The van der Waals surface area contributed by atoms with Gasteiger partial charge in [-0.25, -0.2) is 23.4 Å². The number of benzene rings is 1. The van der Waals surface area contributed by atoms with Crippen molar-refractivity contribution < 1.29 is 8.42 Å². The molecule has 1 aromatic carbocycles. The van der Waals surface area contributed by atoms with Crippen molar-refractivity contribution in [1.82, 2.24) is 15.0 Å². The van der Waals surface area contributed by atoms with Gasteiger partial charge in [-0.2, -0.15) is 0 Å². The first-order valence-electron chi connectivity index (χ1n) is 6.91. The summed E-state index contributed by atoms with van der Waals surface area (Å²) in [5.74, 6) is 0.367. The summed E-state index contributed by atoms with van der Waals surface area (Å²) < 4.78 is 25.0. The lowest BCUT2D eigenvalue weighted by Gasteiger charge is -2.12. The third-order valence-corrected chi connectivity index (χ3v) is 5.62. The minimum absolute atomic E-state index is 0.250. The summed E-state index contributed by atoms with van der Waals surface area (Å²) in [6.45, 7) is 3.32. The second-order valence-corrected chi connectivity index (χ2v) is 7.67. The van der Waals surface area contributed by atoms with Crippen molar-refractivity contribution in [2.24, 2.45) is 0 Å². The second-order valence-electron chi connectivity index (χ2n) is 5.20. The maximum Gasteiger partial charge on any atom is 0.181 e. The van der Waals surface area contributed by atoms with E-state index in [0.717, 1.165) is 5.39 Å². The zero-order valence-electron chi connectivity index (χ0n) is 12.3. The normalized spacial score (nSPS) is 12.0. The molecule has 3 rings (SSSR count). The maximum atomic E-state index is 12.5. The molecule has 0 aliphatic heterocycles. The van der Waals surface area contributed by atoms with Gasteiger partial charge in [-0.15, -0.1) is 0 Å². The molecule has 0 spiro atoms. The van der Waals surface area contributed by atoms with Crippen LogP contribution < -0.4 is 0 Å². The molecule has 22 heavy (non-hydrogen) atoms. The third-order valence-electron chi connectivity index (χ3n) is 3.41. The highest BCUT2D eigenvalue weighted by molar-refractivity contribution is 7.92. The molecule has 0 saturated heterocycles. The summed E-state index contributed by atoms with van der Waals surface area (Å²) in [4.78, 5) is 13.1. The molecule has 112 valence electrons. The molecule has 0 aliphatic rings. The smallest absolute Gasteiger partial charge is 0.181 e. The van der Waals surface area contributed by atoms with E-state index in [2.05, 4.69) is 15.0 Å². The van der Waals surface area contributed by atoms with Gasteiger partial charge in [-0.3, -0.25) is 0 Å². The quantitative estimate of drug-likeness (QED) is 0.743. The zero-order chi connectivity index (χ0) is 15.7. The lowest BCUT2D eigenvalue weighted by atomic mass is 10.2. The van der Waals surface area contributed by atoms with E-state index in [-0.39, 0.29) is 4.90 Å². The number of hydrogen-bond donors (Lipinski definition) is 0. The molecule has 0 aliphatic carbocycles. The number of sulfone groups is 1. The Morgan fingerprint density at radius 1 is 1.00 bits per heavy atom. The molecule has 2 aromatic heterocycles. The first kappa shape index (κ1) is 14.6. The van der Waals surface area contributed by atoms with E-state index in [1.54, 1.807) is 50.5 Å². The summed E-state index contributed by atoms with van der Waals surface area (Å²) in [5, 5.41) is 0.308. The van der Waals surface area contributed by atoms with E-state index in [4.69, 9.17) is 0 Å². The minimum Gasteiger partial charge on any atom is -0.237 e. The van der Waals surface area contributed by atoms with Crippen LogP contribution in [0.5, 0.6) is 0 Å². The second kappa shape index (κ2) is 5.46. The first-order chi connectivity index (χ1) is 10.5. The summed E-state index contributed by atoms with van der Waals surface area (Å²) in [7, 11) is -3.41. The number of pyridine rings is 1. The Hall–Kier alpha value is -2.34. The molecule has 3 aromatic rings. The third kappa shape index (κ3) is 2.46. The van der Waals surface area contributed by atoms with Gasteiger partial charge in [-0.05, 0) is 38.1 Å². The molecule has 0 radical (unpaired) electrons. The molecule has 0 unspecified atom stereocenters. The lowest BCUT2D eigenvalue weighted by molar-refractivity contribution is 0.587. The number of nitrogens with zero attached hydrogens (tertiary/aromatic N) is 3. The molecule has 0 N–H and O–H groups in total. The van der Waals surface area contributed by atoms with Crippen molar-refractivity contribution >= 4 is 20.9 Å². The van der Waals surface area contributed by atoms with Gasteiger partial charge in [0, 0.05) is 23.3 Å². The summed E-state index contributed by atoms with van der Waals surface area (Å²) in [6.07, 6.45) is 3.30. The van der Waals surface area contributed by atoms with Gasteiger partial charge in [0.2, 0.25) is 0 Å². The molecular formula is C16H15N3O2S. The van der Waals surface area contributed by atoms with Crippen molar-refractivity contribution in [1.29, 1.82) is 0 Å². The van der Waals surface area contributed by atoms with Gasteiger partial charge in [0.1, 0.15) is 0 Å². The molecule has 0 amide bonds. The summed E-state index contributed by atoms with van der Waals surface area (Å²) in [5.41, 5.74) is 1.05. The highest BCUT2D eigenvalue weighted by Crippen LogP contribution is 2.27. The minimum atomic E-state index is -3.41. The van der Waals surface area contributed by atoms with Crippen molar-refractivity contribution in [3.8, 4) is 11.4 Å². The topological polar surface area (TPSA) is 72.8 Å². The number of aromatic nitrogens is 3. The van der Waals surface area contributed by atoms with Crippen molar-refractivity contribution in [2.75, 3.05) is 0 Å². The van der Waals surface area contributed by atoms with Gasteiger partial charge in [0.25, 0.3) is 0 Å². The van der Waals surface area contributed by atoms with Gasteiger partial charge in [0.05, 0.1) is 10.1 Å². The number of fused-ring (bicyclic) bond motifs is 1. The maximum absolute atomic E-state index is 12.5. The van der Waals surface area contributed by atoms with Crippen molar-refractivity contribution in [2.45, 2.75) is 24.0 Å². The Labute approximate surface area is 129 Å². The first-order valence-corrected chi connectivity index (χ1v) is 8.46. The number of hydrogen-bond acceptors (Lipinski definition) is 5. The van der Waals surface area contributed by atoms with E-state index in [1.165, 1.54) is 0 Å². The van der Waals surface area contributed by atoms with Crippen LogP contribution in [0.4, 0.5) is 0 Å². The Morgan fingerprint density at radius 2 is 1.77 bits per heavy atom. The van der Waals surface area contributed by atoms with Crippen LogP contribution >= 0.6 is 0 Å². The Bertz CT molecular complexity index is 937. The predicted octanol–water partition coefficient (Wildman–Crippen LogP) is 2.87. The lowest BCUT2D eigenvalue weighted by Crippen LogP contribution is -2.15. The van der Waals surface area contributed by atoms with E-state index >= 15 is 0 Å². The van der Waals surface area contributed by atoms with Crippen LogP contribution in [0.1, 0.15) is 13.8 Å². The van der Waals surface area contributed by atoms with E-state index < -0.39 is 15.1 Å². The molecule has 6 heteroatoms. The molecule has 0 saturated carbocycles. The SMILES string of the molecule is CC(C)S(=O)(=O)c1ccccc1-c1ncc2cccnc2n1. The van der Waals surface area contributed by atoms with Crippen LogP contribution in [0.25, 0.3) is 22.4 Å². The van der Waals surface area contributed by atoms with Crippen LogP contribution in [0, 0.1) is 0 Å². The Kier molecular flexibility index (Phi) is 3.62. The zero-order valence-corrected chi connectivity index (χ0v) is 13.1. The highest BCUT2D eigenvalue weighted by atomic mass is 32.2. The number of rotatable bonds is 3. The molecule has 5 nitrogen and oxygen atoms in total. The molecule has 0 fully saturated rings. The van der Waals surface area contributed by atoms with Crippen LogP contribution in [0.3, 0.4) is 0 Å². The average molecular weight is 313 g/mol. The van der Waals surface area contributed by atoms with Crippen LogP contribution in [-0.2, 0) is 9.84 Å². The van der Waals surface area contributed by atoms with Crippen molar-refractivity contribution in [3.05, 3.63) is 48.8 Å². The van der Waals surface area contributed by atoms with Gasteiger partial charge < -0.3 is 0 Å². The van der Waals surface area contributed by atoms with Gasteiger partial charge in [0.15, 0.2) is 21.3 Å². The van der Waals surface area contributed by atoms with Crippen LogP contribution in [0.15, 0.2) is 53.7 Å². The molecule has 2 heterocycles. The van der Waals surface area contributed by atoms with Crippen LogP contribution in [0.2, 0.25) is 0 Å². The van der Waals surface area contributed by atoms with E-state index in [1.807, 2.05) is 12.1 Å². The molecule has 0 bridgehead atoms. The fourth-order valence-corrected chi connectivity index (χ4v) is 3.39. The monoisotopic (exact) mass is 313 g/mol. The van der Waals surface area contributed by atoms with Gasteiger partial charge in [-0.1, -0.05) is 12.1 Å². The van der Waals surface area contributed by atoms with E-state index in [9.17, 15) is 8.42 Å². The fraction of sp³-hybridized carbons (Fsp3) is 0.188. The Morgan fingerprint density at radius 3 is 2.55 bits per heavy atom. The average Bonchev–Trinajstić information content (AvgIpc) is 2.54. The standard InChI is InChI=1S/C16H15N3O2S/c1-11(2)22(20,21)14-8-4-3-7-13(14)16-18-10-12-6-5-9-17-15(12)19-16/h3-11H,1-2H3. The largest absolute Gasteiger partial charge is 0.237 e. The molecular weight excluding hydrogens is 298 g/mol. The summed E-state index contributed by atoms with van der Waals surface area (Å²) in [6, 6.07) is 10.5. The van der Waals surface area contributed by atoms with E-state index in [0.29, 0.717) is 17.0 Å².